The third-order valence-corrected chi connectivity index (χ3v) is 2.47. The first-order valence-electron chi connectivity index (χ1n) is 4.13. The molecule has 0 heteroatoms. The van der Waals surface area contributed by atoms with Gasteiger partial charge >= 0.3 is 0 Å². The van der Waals surface area contributed by atoms with Gasteiger partial charge in [0.1, 0.15) is 0 Å². The van der Waals surface area contributed by atoms with E-state index >= 15 is 0 Å². The Labute approximate surface area is 67.6 Å². The van der Waals surface area contributed by atoms with E-state index in [-0.39, 0.29) is 0 Å². The van der Waals surface area contributed by atoms with E-state index in [9.17, 15) is 0 Å². The minimum Gasteiger partial charge on any atom is -0.0730 e. The van der Waals surface area contributed by atoms with Crippen LogP contribution in [0.2, 0.25) is 0 Å². The summed E-state index contributed by atoms with van der Waals surface area (Å²) in [4.78, 5) is 0. The lowest BCUT2D eigenvalue weighted by Gasteiger charge is -2.12. The average Bonchev–Trinajstić information content (AvgIpc) is 2.86. The summed E-state index contributed by atoms with van der Waals surface area (Å²) in [6, 6.07) is 10.7. The van der Waals surface area contributed by atoms with Crippen LogP contribution in [0.3, 0.4) is 0 Å². The van der Waals surface area contributed by atoms with E-state index in [0.29, 0.717) is 5.41 Å². The Balaban J connectivity index is 2.30. The number of allylic oxidation sites excluding steroid dienone is 2. The Hall–Kier alpha value is -1.04. The van der Waals surface area contributed by atoms with Crippen LogP contribution in [0.5, 0.6) is 0 Å². The first kappa shape index (κ1) is 6.66. The molecule has 0 amide bonds. The lowest BCUT2D eigenvalue weighted by molar-refractivity contribution is 0.727. The molecule has 1 aromatic rings. The Morgan fingerprint density at radius 1 is 1.09 bits per heavy atom. The van der Waals surface area contributed by atoms with Crippen LogP contribution in [0.15, 0.2) is 42.5 Å². The highest BCUT2D eigenvalue weighted by Crippen LogP contribution is 2.41. The molecule has 0 nitrogen and oxygen atoms in total. The fraction of sp³-hybridized carbons (Fsp3) is 0.273. The summed E-state index contributed by atoms with van der Waals surface area (Å²) in [5.41, 5.74) is 1.77. The predicted molar refractivity (Wildman–Crippen MR) is 47.6 cm³/mol. The zero-order valence-corrected chi connectivity index (χ0v) is 6.75. The van der Waals surface area contributed by atoms with Gasteiger partial charge in [0.2, 0.25) is 0 Å². The molecule has 0 spiro atoms. The first-order valence-corrected chi connectivity index (χ1v) is 4.13. The molecule has 1 aromatic carbocycles. The smallest absolute Gasteiger partial charge is 0.0310 e. The van der Waals surface area contributed by atoms with Gasteiger partial charge in [-0.2, -0.15) is 0 Å². The van der Waals surface area contributed by atoms with Gasteiger partial charge in [0.05, 0.1) is 0 Å². The number of hydrogen-bond donors (Lipinski definition) is 0. The topological polar surface area (TPSA) is 0 Å². The molecule has 1 aliphatic carbocycles. The maximum Gasteiger partial charge on any atom is 0.0310 e. The van der Waals surface area contributed by atoms with Crippen LogP contribution in [-0.2, 0) is 5.41 Å². The molecule has 0 saturated carbocycles. The second-order valence-electron chi connectivity index (χ2n) is 3.09. The summed E-state index contributed by atoms with van der Waals surface area (Å²) < 4.78 is 0. The lowest BCUT2D eigenvalue weighted by Crippen LogP contribution is -2.05. The van der Waals surface area contributed by atoms with Gasteiger partial charge in [-0.3, -0.25) is 0 Å². The molecule has 0 aromatic heterocycles. The van der Waals surface area contributed by atoms with E-state index in [2.05, 4.69) is 49.4 Å². The van der Waals surface area contributed by atoms with E-state index < -0.39 is 0 Å². The molecule has 0 heterocycles. The van der Waals surface area contributed by atoms with Crippen molar-refractivity contribution in [2.24, 2.45) is 0 Å². The molecule has 2 rings (SSSR count). The van der Waals surface area contributed by atoms with Crippen molar-refractivity contribution in [3.8, 4) is 0 Å². The van der Waals surface area contributed by atoms with Crippen LogP contribution >= 0.6 is 0 Å². The molecule has 0 saturated heterocycles. The molecule has 0 radical (unpaired) electrons. The molecule has 0 aliphatic heterocycles. The molecular weight excluding hydrogens is 132 g/mol. The molecule has 0 N–H and O–H groups in total. The summed E-state index contributed by atoms with van der Waals surface area (Å²) in [5, 5.41) is 0. The second-order valence-corrected chi connectivity index (χ2v) is 3.09. The van der Waals surface area contributed by atoms with Crippen molar-refractivity contribution in [1.82, 2.24) is 0 Å². The standard InChI is InChI=1S/C11H12/c1-2-11(8-9-11)10-6-4-3-5-7-10/h3-9H,2H2,1H3. The van der Waals surface area contributed by atoms with Gasteiger partial charge in [-0.05, 0) is 12.0 Å². The third kappa shape index (κ3) is 0.988. The lowest BCUT2D eigenvalue weighted by atomic mass is 9.91. The van der Waals surface area contributed by atoms with Gasteiger partial charge in [0.15, 0.2) is 0 Å². The summed E-state index contributed by atoms with van der Waals surface area (Å²) in [7, 11) is 0. The van der Waals surface area contributed by atoms with Crippen LogP contribution < -0.4 is 0 Å². The predicted octanol–water partition coefficient (Wildman–Crippen LogP) is 2.90. The van der Waals surface area contributed by atoms with Crippen molar-refractivity contribution in [2.45, 2.75) is 18.8 Å². The molecule has 0 unspecified atom stereocenters. The van der Waals surface area contributed by atoms with Gasteiger partial charge in [-0.25, -0.2) is 0 Å². The quantitative estimate of drug-likeness (QED) is 0.560. The number of benzene rings is 1. The van der Waals surface area contributed by atoms with Crippen LogP contribution in [0.1, 0.15) is 18.9 Å². The van der Waals surface area contributed by atoms with Crippen LogP contribution in [0.25, 0.3) is 0 Å². The summed E-state index contributed by atoms with van der Waals surface area (Å²) in [6.45, 7) is 2.23. The maximum absolute atomic E-state index is 2.28. The fourth-order valence-electron chi connectivity index (χ4n) is 1.48. The van der Waals surface area contributed by atoms with Gasteiger partial charge in [-0.1, -0.05) is 49.4 Å². The van der Waals surface area contributed by atoms with Gasteiger partial charge in [0.25, 0.3) is 0 Å². The molecule has 11 heavy (non-hydrogen) atoms. The van der Waals surface area contributed by atoms with E-state index in [4.69, 9.17) is 0 Å². The molecular formula is C11H12. The minimum atomic E-state index is 0.335. The molecule has 0 fully saturated rings. The van der Waals surface area contributed by atoms with Gasteiger partial charge in [-0.15, -0.1) is 0 Å². The largest absolute Gasteiger partial charge is 0.0730 e. The fourth-order valence-corrected chi connectivity index (χ4v) is 1.48. The van der Waals surface area contributed by atoms with Crippen molar-refractivity contribution in [3.63, 3.8) is 0 Å². The highest BCUT2D eigenvalue weighted by molar-refractivity contribution is 5.46. The zero-order chi connectivity index (χ0) is 7.73. The average molecular weight is 144 g/mol. The van der Waals surface area contributed by atoms with E-state index in [0.717, 1.165) is 0 Å². The summed E-state index contributed by atoms with van der Waals surface area (Å²) in [6.07, 6.45) is 5.75. The molecule has 0 atom stereocenters. The minimum absolute atomic E-state index is 0.335. The van der Waals surface area contributed by atoms with Crippen molar-refractivity contribution in [2.75, 3.05) is 0 Å². The van der Waals surface area contributed by atoms with E-state index in [1.54, 1.807) is 0 Å². The van der Waals surface area contributed by atoms with Crippen molar-refractivity contribution in [3.05, 3.63) is 48.0 Å². The van der Waals surface area contributed by atoms with Crippen LogP contribution in [0, 0.1) is 0 Å². The zero-order valence-electron chi connectivity index (χ0n) is 6.75. The van der Waals surface area contributed by atoms with E-state index in [1.807, 2.05) is 0 Å². The van der Waals surface area contributed by atoms with Gasteiger partial charge in [0, 0.05) is 5.41 Å². The van der Waals surface area contributed by atoms with Crippen LogP contribution in [-0.4, -0.2) is 0 Å². The highest BCUT2D eigenvalue weighted by atomic mass is 14.4. The SMILES string of the molecule is CCC1(c2ccccc2)C=C1. The van der Waals surface area contributed by atoms with Crippen molar-refractivity contribution in [1.29, 1.82) is 0 Å². The Morgan fingerprint density at radius 3 is 2.18 bits per heavy atom. The monoisotopic (exact) mass is 144 g/mol. The Morgan fingerprint density at radius 2 is 1.73 bits per heavy atom. The normalized spacial score (nSPS) is 18.3. The summed E-state index contributed by atoms with van der Waals surface area (Å²) in [5.74, 6) is 0. The summed E-state index contributed by atoms with van der Waals surface area (Å²) >= 11 is 0. The van der Waals surface area contributed by atoms with E-state index in [1.165, 1.54) is 12.0 Å². The first-order chi connectivity index (χ1) is 5.37. The van der Waals surface area contributed by atoms with Crippen molar-refractivity contribution < 1.29 is 0 Å². The van der Waals surface area contributed by atoms with Gasteiger partial charge < -0.3 is 0 Å². The maximum atomic E-state index is 2.28. The van der Waals surface area contributed by atoms with Crippen molar-refractivity contribution >= 4 is 0 Å². The Bertz CT molecular complexity index is 263. The number of hydrogen-bond acceptors (Lipinski definition) is 0. The molecule has 56 valence electrons. The number of rotatable bonds is 2. The highest BCUT2D eigenvalue weighted by Gasteiger charge is 2.33. The van der Waals surface area contributed by atoms with Crippen LogP contribution in [0.4, 0.5) is 0 Å². The Kier molecular flexibility index (Phi) is 1.35. The molecule has 0 bridgehead atoms. The molecule has 1 aliphatic rings. The second kappa shape index (κ2) is 2.23. The third-order valence-electron chi connectivity index (χ3n) is 2.47.